The van der Waals surface area contributed by atoms with Crippen molar-refractivity contribution in [3.05, 3.63) is 0 Å². The summed E-state index contributed by atoms with van der Waals surface area (Å²) in [5, 5.41) is 14.2. The van der Waals surface area contributed by atoms with Gasteiger partial charge in [0, 0.05) is 13.1 Å². The van der Waals surface area contributed by atoms with Crippen LogP contribution in [-0.2, 0) is 14.3 Å². The molecule has 7 nitrogen and oxygen atoms in total. The molecule has 0 unspecified atom stereocenters. The number of carbonyl (C=O) groups is 3. The van der Waals surface area contributed by atoms with Crippen molar-refractivity contribution in [2.24, 2.45) is 11.8 Å². The van der Waals surface area contributed by atoms with E-state index in [1.807, 2.05) is 0 Å². The van der Waals surface area contributed by atoms with Gasteiger partial charge in [-0.15, -0.1) is 0 Å². The van der Waals surface area contributed by atoms with Crippen molar-refractivity contribution in [2.45, 2.75) is 45.6 Å². The number of aliphatic carboxylic acids is 1. The van der Waals surface area contributed by atoms with Crippen LogP contribution >= 0.6 is 0 Å². The molecule has 0 bridgehead atoms. The van der Waals surface area contributed by atoms with Crippen molar-refractivity contribution in [3.63, 3.8) is 0 Å². The number of ether oxygens (including phenoxy) is 1. The molecule has 0 aromatic carbocycles. The Bertz CT molecular complexity index is 403. The number of carbonyl (C=O) groups excluding carboxylic acids is 2. The van der Waals surface area contributed by atoms with E-state index in [1.54, 1.807) is 20.8 Å². The summed E-state index contributed by atoms with van der Waals surface area (Å²) in [5.74, 6) is -2.24. The highest BCUT2D eigenvalue weighted by Crippen LogP contribution is 2.31. The quantitative estimate of drug-likeness (QED) is 0.660. The molecule has 0 spiro atoms. The van der Waals surface area contributed by atoms with E-state index in [0.29, 0.717) is 12.8 Å². The second-order valence-corrected chi connectivity index (χ2v) is 6.20. The number of amides is 2. The van der Waals surface area contributed by atoms with Gasteiger partial charge in [0.05, 0.1) is 11.8 Å². The minimum absolute atomic E-state index is 0.241. The predicted molar refractivity (Wildman–Crippen MR) is 75.7 cm³/mol. The van der Waals surface area contributed by atoms with Crippen LogP contribution < -0.4 is 10.6 Å². The zero-order chi connectivity index (χ0) is 16.0. The SMILES string of the molecule is CC(C)(C)OC(=O)NCCNC(=O)[C@@H]1CCC[C@@H]1C(=O)O. The van der Waals surface area contributed by atoms with Gasteiger partial charge in [0.25, 0.3) is 0 Å². The van der Waals surface area contributed by atoms with Crippen molar-refractivity contribution in [3.8, 4) is 0 Å². The van der Waals surface area contributed by atoms with Crippen molar-refractivity contribution < 1.29 is 24.2 Å². The summed E-state index contributed by atoms with van der Waals surface area (Å²) in [4.78, 5) is 34.3. The van der Waals surface area contributed by atoms with Crippen LogP contribution in [0.4, 0.5) is 4.79 Å². The van der Waals surface area contributed by atoms with Gasteiger partial charge in [-0.1, -0.05) is 6.42 Å². The average Bonchev–Trinajstić information content (AvgIpc) is 2.81. The van der Waals surface area contributed by atoms with Gasteiger partial charge in [0.15, 0.2) is 0 Å². The third-order valence-corrected chi connectivity index (χ3v) is 3.26. The van der Waals surface area contributed by atoms with E-state index in [0.717, 1.165) is 6.42 Å². The molecule has 0 saturated heterocycles. The first kappa shape index (κ1) is 17.3. The Balaban J connectivity index is 2.25. The van der Waals surface area contributed by atoms with Gasteiger partial charge in [-0.05, 0) is 33.6 Å². The Morgan fingerprint density at radius 1 is 1.10 bits per heavy atom. The highest BCUT2D eigenvalue weighted by Gasteiger charge is 2.37. The average molecular weight is 300 g/mol. The number of hydrogen-bond donors (Lipinski definition) is 3. The van der Waals surface area contributed by atoms with Gasteiger partial charge in [0.2, 0.25) is 5.91 Å². The molecule has 2 atom stereocenters. The lowest BCUT2D eigenvalue weighted by molar-refractivity contribution is -0.146. The maximum absolute atomic E-state index is 11.9. The van der Waals surface area contributed by atoms with Crippen LogP contribution in [0.2, 0.25) is 0 Å². The molecule has 1 fully saturated rings. The van der Waals surface area contributed by atoms with Crippen LogP contribution in [0.3, 0.4) is 0 Å². The van der Waals surface area contributed by atoms with Crippen LogP contribution in [0.25, 0.3) is 0 Å². The second kappa shape index (κ2) is 7.28. The number of carboxylic acids is 1. The van der Waals surface area contributed by atoms with E-state index < -0.39 is 29.5 Å². The molecule has 1 aliphatic carbocycles. The van der Waals surface area contributed by atoms with E-state index in [2.05, 4.69) is 10.6 Å². The molecule has 0 aromatic rings. The first-order valence-electron chi connectivity index (χ1n) is 7.18. The third kappa shape index (κ3) is 6.01. The Morgan fingerprint density at radius 2 is 1.67 bits per heavy atom. The smallest absolute Gasteiger partial charge is 0.407 e. The lowest BCUT2D eigenvalue weighted by Crippen LogP contribution is -2.41. The van der Waals surface area contributed by atoms with Crippen LogP contribution in [0.15, 0.2) is 0 Å². The molecule has 1 saturated carbocycles. The molecule has 1 aliphatic rings. The predicted octanol–water partition coefficient (Wildman–Crippen LogP) is 1.13. The molecular formula is C14H24N2O5. The molecule has 1 rings (SSSR count). The number of carboxylic acid groups (broad SMARTS) is 1. The fourth-order valence-corrected chi connectivity index (χ4v) is 2.36. The summed E-state index contributed by atoms with van der Waals surface area (Å²) in [5.41, 5.74) is -0.564. The first-order chi connectivity index (χ1) is 9.70. The normalized spacial score (nSPS) is 21.7. The summed E-state index contributed by atoms with van der Waals surface area (Å²) in [7, 11) is 0. The van der Waals surface area contributed by atoms with E-state index in [-0.39, 0.29) is 19.0 Å². The standard InChI is InChI=1S/C14H24N2O5/c1-14(2,3)21-13(20)16-8-7-15-11(17)9-5-4-6-10(9)12(18)19/h9-10H,4-8H2,1-3H3,(H,15,17)(H,16,20)(H,18,19)/t9-,10+/m1/s1. The number of nitrogens with one attached hydrogen (secondary N) is 2. The zero-order valence-electron chi connectivity index (χ0n) is 12.8. The molecule has 0 heterocycles. The van der Waals surface area contributed by atoms with Gasteiger partial charge in [-0.25, -0.2) is 4.79 Å². The minimum Gasteiger partial charge on any atom is -0.481 e. The third-order valence-electron chi connectivity index (χ3n) is 3.26. The van der Waals surface area contributed by atoms with E-state index in [9.17, 15) is 14.4 Å². The molecule has 7 heteroatoms. The monoisotopic (exact) mass is 300 g/mol. The van der Waals surface area contributed by atoms with Gasteiger partial charge >= 0.3 is 12.1 Å². The molecule has 2 amide bonds. The van der Waals surface area contributed by atoms with Gasteiger partial charge in [0.1, 0.15) is 5.60 Å². The van der Waals surface area contributed by atoms with Gasteiger partial charge in [-0.2, -0.15) is 0 Å². The summed E-state index contributed by atoms with van der Waals surface area (Å²) >= 11 is 0. The maximum atomic E-state index is 11.9. The maximum Gasteiger partial charge on any atom is 0.407 e. The van der Waals surface area contributed by atoms with Crippen molar-refractivity contribution in [2.75, 3.05) is 13.1 Å². The molecule has 3 N–H and O–H groups in total. The Kier molecular flexibility index (Phi) is 5.99. The summed E-state index contributed by atoms with van der Waals surface area (Å²) in [6, 6.07) is 0. The molecule has 0 radical (unpaired) electrons. The topological polar surface area (TPSA) is 105 Å². The lowest BCUT2D eigenvalue weighted by Gasteiger charge is -2.20. The van der Waals surface area contributed by atoms with Crippen LogP contribution in [-0.4, -0.2) is 41.8 Å². The number of alkyl carbamates (subject to hydrolysis) is 1. The molecule has 21 heavy (non-hydrogen) atoms. The molecule has 0 aromatic heterocycles. The Morgan fingerprint density at radius 3 is 2.24 bits per heavy atom. The number of hydrogen-bond acceptors (Lipinski definition) is 4. The zero-order valence-corrected chi connectivity index (χ0v) is 12.8. The summed E-state index contributed by atoms with van der Waals surface area (Å²) < 4.78 is 5.05. The van der Waals surface area contributed by atoms with Crippen LogP contribution in [0, 0.1) is 11.8 Å². The molecule has 120 valence electrons. The van der Waals surface area contributed by atoms with E-state index in [1.165, 1.54) is 0 Å². The highest BCUT2D eigenvalue weighted by molar-refractivity contribution is 5.85. The molecular weight excluding hydrogens is 276 g/mol. The van der Waals surface area contributed by atoms with E-state index in [4.69, 9.17) is 9.84 Å². The summed E-state index contributed by atoms with van der Waals surface area (Å²) in [6.07, 6.45) is 1.36. The van der Waals surface area contributed by atoms with Gasteiger partial charge in [-0.3, -0.25) is 9.59 Å². The van der Waals surface area contributed by atoms with Crippen molar-refractivity contribution in [1.29, 1.82) is 0 Å². The first-order valence-corrected chi connectivity index (χ1v) is 7.18. The van der Waals surface area contributed by atoms with Gasteiger partial charge < -0.3 is 20.5 Å². The largest absolute Gasteiger partial charge is 0.481 e. The summed E-state index contributed by atoms with van der Waals surface area (Å²) in [6.45, 7) is 5.79. The highest BCUT2D eigenvalue weighted by atomic mass is 16.6. The fraction of sp³-hybridized carbons (Fsp3) is 0.786. The number of rotatable bonds is 5. The Hall–Kier alpha value is -1.79. The van der Waals surface area contributed by atoms with Crippen LogP contribution in [0.5, 0.6) is 0 Å². The lowest BCUT2D eigenvalue weighted by atomic mass is 9.95. The Labute approximate surface area is 124 Å². The van der Waals surface area contributed by atoms with E-state index >= 15 is 0 Å². The fourth-order valence-electron chi connectivity index (χ4n) is 2.36. The van der Waals surface area contributed by atoms with Crippen LogP contribution in [0.1, 0.15) is 40.0 Å². The molecule has 0 aliphatic heterocycles. The second-order valence-electron chi connectivity index (χ2n) is 6.20. The minimum atomic E-state index is -0.917. The van der Waals surface area contributed by atoms with Crippen molar-refractivity contribution >= 4 is 18.0 Å². The van der Waals surface area contributed by atoms with Crippen molar-refractivity contribution in [1.82, 2.24) is 10.6 Å².